The Morgan fingerprint density at radius 2 is 1.65 bits per heavy atom. The topological polar surface area (TPSA) is 49.3 Å². The number of aliphatic hydroxyl groups is 1. The van der Waals surface area contributed by atoms with E-state index in [-0.39, 0.29) is 17.4 Å². The van der Waals surface area contributed by atoms with E-state index in [0.29, 0.717) is 6.42 Å². The lowest BCUT2D eigenvalue weighted by Gasteiger charge is -2.22. The fourth-order valence-corrected chi connectivity index (χ4v) is 3.10. The molecule has 3 heteroatoms. The molecule has 0 aliphatic heterocycles. The molecule has 1 fully saturated rings. The van der Waals surface area contributed by atoms with Gasteiger partial charge in [0.1, 0.15) is 0 Å². The molecule has 0 spiro atoms. The average Bonchev–Trinajstić information content (AvgIpc) is 3.38. The van der Waals surface area contributed by atoms with E-state index in [0.717, 1.165) is 24.0 Å². The first-order chi connectivity index (χ1) is 11.1. The minimum atomic E-state index is -0.557. The SMILES string of the molecule is CC(CC(O)c1ccccc1)NC(=O)C1(c2ccccc2)CC1. The molecule has 120 valence electrons. The van der Waals surface area contributed by atoms with Crippen molar-refractivity contribution in [3.8, 4) is 0 Å². The van der Waals surface area contributed by atoms with Crippen LogP contribution in [-0.4, -0.2) is 17.1 Å². The molecule has 2 atom stereocenters. The molecule has 3 rings (SSSR count). The molecule has 1 saturated carbocycles. The van der Waals surface area contributed by atoms with Crippen LogP contribution in [0, 0.1) is 0 Å². The van der Waals surface area contributed by atoms with E-state index < -0.39 is 6.10 Å². The Kier molecular flexibility index (Phi) is 4.49. The highest BCUT2D eigenvalue weighted by atomic mass is 16.3. The van der Waals surface area contributed by atoms with Crippen molar-refractivity contribution < 1.29 is 9.90 Å². The van der Waals surface area contributed by atoms with Crippen molar-refractivity contribution in [2.75, 3.05) is 0 Å². The van der Waals surface area contributed by atoms with Crippen LogP contribution in [0.2, 0.25) is 0 Å². The fraction of sp³-hybridized carbons (Fsp3) is 0.350. The number of rotatable bonds is 6. The summed E-state index contributed by atoms with van der Waals surface area (Å²) in [6, 6.07) is 19.5. The molecule has 0 saturated heterocycles. The van der Waals surface area contributed by atoms with Gasteiger partial charge in [-0.2, -0.15) is 0 Å². The lowest BCUT2D eigenvalue weighted by Crippen LogP contribution is -2.40. The standard InChI is InChI=1S/C20H23NO2/c1-15(14-18(22)16-8-4-2-5-9-16)21-19(23)20(12-13-20)17-10-6-3-7-11-17/h2-11,15,18,22H,12-14H2,1H3,(H,21,23). The van der Waals surface area contributed by atoms with Crippen molar-refractivity contribution in [2.45, 2.75) is 43.7 Å². The van der Waals surface area contributed by atoms with E-state index in [1.165, 1.54) is 0 Å². The molecule has 2 unspecified atom stereocenters. The van der Waals surface area contributed by atoms with Gasteiger partial charge < -0.3 is 10.4 Å². The predicted octanol–water partition coefficient (Wildman–Crippen LogP) is 3.35. The van der Waals surface area contributed by atoms with Gasteiger partial charge in [-0.25, -0.2) is 0 Å². The first kappa shape index (κ1) is 15.8. The highest BCUT2D eigenvalue weighted by molar-refractivity contribution is 5.91. The Bertz CT molecular complexity index is 650. The van der Waals surface area contributed by atoms with Gasteiger partial charge in [0.2, 0.25) is 5.91 Å². The second-order valence-electron chi connectivity index (χ2n) is 6.48. The second kappa shape index (κ2) is 6.55. The van der Waals surface area contributed by atoms with E-state index in [2.05, 4.69) is 5.32 Å². The summed E-state index contributed by atoms with van der Waals surface area (Å²) >= 11 is 0. The molecule has 2 aromatic rings. The van der Waals surface area contributed by atoms with Gasteiger partial charge in [0, 0.05) is 6.04 Å². The molecule has 2 N–H and O–H groups in total. The second-order valence-corrected chi connectivity index (χ2v) is 6.48. The summed E-state index contributed by atoms with van der Waals surface area (Å²) in [6.07, 6.45) is 1.76. The van der Waals surface area contributed by atoms with Crippen LogP contribution >= 0.6 is 0 Å². The summed E-state index contributed by atoms with van der Waals surface area (Å²) in [7, 11) is 0. The molecular weight excluding hydrogens is 286 g/mol. The number of carbonyl (C=O) groups excluding carboxylic acids is 1. The normalized spacial score (nSPS) is 18.0. The van der Waals surface area contributed by atoms with E-state index in [4.69, 9.17) is 0 Å². The zero-order valence-corrected chi connectivity index (χ0v) is 13.4. The Morgan fingerprint density at radius 1 is 1.09 bits per heavy atom. The molecule has 3 nitrogen and oxygen atoms in total. The number of benzene rings is 2. The predicted molar refractivity (Wildman–Crippen MR) is 91.0 cm³/mol. The van der Waals surface area contributed by atoms with E-state index in [1.54, 1.807) is 0 Å². The Hall–Kier alpha value is -2.13. The third-order valence-corrected chi connectivity index (χ3v) is 4.65. The van der Waals surface area contributed by atoms with E-state index in [1.807, 2.05) is 67.6 Å². The third-order valence-electron chi connectivity index (χ3n) is 4.65. The average molecular weight is 309 g/mol. The smallest absolute Gasteiger partial charge is 0.230 e. The van der Waals surface area contributed by atoms with Gasteiger partial charge in [-0.3, -0.25) is 4.79 Å². The molecule has 0 bridgehead atoms. The van der Waals surface area contributed by atoms with Gasteiger partial charge in [-0.1, -0.05) is 60.7 Å². The summed E-state index contributed by atoms with van der Waals surface area (Å²) in [5.41, 5.74) is 1.62. The summed E-state index contributed by atoms with van der Waals surface area (Å²) in [5, 5.41) is 13.4. The van der Waals surface area contributed by atoms with E-state index >= 15 is 0 Å². The molecular formula is C20H23NO2. The van der Waals surface area contributed by atoms with Gasteiger partial charge in [0.05, 0.1) is 11.5 Å². The number of hydrogen-bond acceptors (Lipinski definition) is 2. The Labute approximate surface area is 137 Å². The molecule has 0 radical (unpaired) electrons. The van der Waals surface area contributed by atoms with Crippen molar-refractivity contribution in [2.24, 2.45) is 0 Å². The molecule has 23 heavy (non-hydrogen) atoms. The number of aliphatic hydroxyl groups excluding tert-OH is 1. The molecule has 1 amide bonds. The number of carbonyl (C=O) groups is 1. The monoisotopic (exact) mass is 309 g/mol. The Balaban J connectivity index is 1.60. The quantitative estimate of drug-likeness (QED) is 0.860. The molecule has 2 aromatic carbocycles. The van der Waals surface area contributed by atoms with Crippen molar-refractivity contribution in [3.63, 3.8) is 0 Å². The van der Waals surface area contributed by atoms with Gasteiger partial charge in [-0.05, 0) is 37.3 Å². The van der Waals surface area contributed by atoms with Crippen molar-refractivity contribution in [1.29, 1.82) is 0 Å². The van der Waals surface area contributed by atoms with Crippen molar-refractivity contribution in [1.82, 2.24) is 5.32 Å². The maximum absolute atomic E-state index is 12.7. The van der Waals surface area contributed by atoms with E-state index in [9.17, 15) is 9.90 Å². The van der Waals surface area contributed by atoms with Crippen LogP contribution in [0.15, 0.2) is 60.7 Å². The van der Waals surface area contributed by atoms with Crippen LogP contribution in [0.5, 0.6) is 0 Å². The van der Waals surface area contributed by atoms with Crippen LogP contribution in [0.3, 0.4) is 0 Å². The minimum Gasteiger partial charge on any atom is -0.388 e. The minimum absolute atomic E-state index is 0.0705. The zero-order valence-electron chi connectivity index (χ0n) is 13.4. The first-order valence-electron chi connectivity index (χ1n) is 8.21. The summed E-state index contributed by atoms with van der Waals surface area (Å²) in [6.45, 7) is 1.95. The summed E-state index contributed by atoms with van der Waals surface area (Å²) in [5.74, 6) is 0.0801. The summed E-state index contributed by atoms with van der Waals surface area (Å²) in [4.78, 5) is 12.7. The van der Waals surface area contributed by atoms with Gasteiger partial charge in [0.15, 0.2) is 0 Å². The molecule has 0 aromatic heterocycles. The largest absolute Gasteiger partial charge is 0.388 e. The summed E-state index contributed by atoms with van der Waals surface area (Å²) < 4.78 is 0. The van der Waals surface area contributed by atoms with Crippen LogP contribution in [0.1, 0.15) is 43.4 Å². The van der Waals surface area contributed by atoms with Gasteiger partial charge in [0.25, 0.3) is 0 Å². The highest BCUT2D eigenvalue weighted by Gasteiger charge is 2.51. The van der Waals surface area contributed by atoms with Gasteiger partial charge in [-0.15, -0.1) is 0 Å². The number of hydrogen-bond donors (Lipinski definition) is 2. The van der Waals surface area contributed by atoms with Gasteiger partial charge >= 0.3 is 0 Å². The number of amides is 1. The Morgan fingerprint density at radius 3 is 2.22 bits per heavy atom. The molecule has 1 aliphatic carbocycles. The molecule has 0 heterocycles. The van der Waals surface area contributed by atoms with Crippen LogP contribution in [0.25, 0.3) is 0 Å². The maximum atomic E-state index is 12.7. The lowest BCUT2D eigenvalue weighted by molar-refractivity contribution is -0.124. The van der Waals surface area contributed by atoms with Crippen LogP contribution in [0.4, 0.5) is 0 Å². The maximum Gasteiger partial charge on any atom is 0.230 e. The highest BCUT2D eigenvalue weighted by Crippen LogP contribution is 2.48. The number of nitrogens with one attached hydrogen (secondary N) is 1. The molecule has 1 aliphatic rings. The lowest BCUT2D eigenvalue weighted by atomic mass is 9.94. The van der Waals surface area contributed by atoms with Crippen LogP contribution < -0.4 is 5.32 Å². The third kappa shape index (κ3) is 3.45. The van der Waals surface area contributed by atoms with Crippen molar-refractivity contribution in [3.05, 3.63) is 71.8 Å². The first-order valence-corrected chi connectivity index (χ1v) is 8.21. The van der Waals surface area contributed by atoms with Crippen molar-refractivity contribution >= 4 is 5.91 Å². The van der Waals surface area contributed by atoms with Crippen LogP contribution in [-0.2, 0) is 10.2 Å². The zero-order chi connectivity index (χ0) is 16.3. The fourth-order valence-electron chi connectivity index (χ4n) is 3.10.